The molecule has 0 aliphatic carbocycles. The zero-order valence-electron chi connectivity index (χ0n) is 35.1. The number of ether oxygens (including phenoxy) is 2. The number of nitrogens with zero attached hydrogens (tertiary/aromatic N) is 6. The fraction of sp³-hybridized carbons (Fsp3) is 0.188. The first-order chi connectivity index (χ1) is 32.1. The van der Waals surface area contributed by atoms with Gasteiger partial charge < -0.3 is 45.0 Å². The van der Waals surface area contributed by atoms with Crippen LogP contribution in [0.1, 0.15) is 21.0 Å². The van der Waals surface area contributed by atoms with Gasteiger partial charge in [-0.15, -0.1) is 22.7 Å². The highest BCUT2D eigenvalue weighted by Gasteiger charge is 2.26. The lowest BCUT2D eigenvalue weighted by Crippen LogP contribution is -2.36. The number of rotatable bonds is 10. The molecule has 8 aromatic rings. The Kier molecular flexibility index (Phi) is 12.8. The van der Waals surface area contributed by atoms with Crippen LogP contribution in [0.15, 0.2) is 109 Å². The van der Waals surface area contributed by atoms with Crippen LogP contribution in [0.5, 0.6) is 11.5 Å². The number of anilines is 2. The van der Waals surface area contributed by atoms with Crippen LogP contribution in [-0.4, -0.2) is 117 Å². The van der Waals surface area contributed by atoms with Crippen molar-refractivity contribution in [3.8, 4) is 55.2 Å². The largest absolute Gasteiger partial charge is 0.504 e. The summed E-state index contributed by atoms with van der Waals surface area (Å²) in [6.07, 6.45) is 0. The number of aromatic hydroxyl groups is 2. The quantitative estimate of drug-likeness (QED) is 0.0889. The molecular formula is C48H41N7O9S2. The number of thiazole rings is 2. The number of fused-ring (bicyclic) bond motifs is 2. The Bertz CT molecular complexity index is 3050. The standard InChI is InChI=1S/C25H22N4O5S.C23H19N3O4S/c30-18(31)14-26-24(33)21-22(32)20-23(35-25(28-20)16-4-2-1-3-5-16)19(27-21)15-6-8-17(9-7-15)29-10-12-34-13-11-29;27-20-18-21(31-22(25-18)15-4-2-1-3-5-15)17(24-19(20)23(28)29)14-6-8-16(9-7-14)26-10-12-30-13-11-26/h1-9,32H,10-14H2,(H,26,33)(H,30,31);1-9,27H,10-13H2,(H,28,29). The third-order valence-corrected chi connectivity index (χ3v) is 13.1. The van der Waals surface area contributed by atoms with Gasteiger partial charge >= 0.3 is 11.9 Å². The van der Waals surface area contributed by atoms with E-state index in [1.165, 1.54) is 22.7 Å². The van der Waals surface area contributed by atoms with Crippen LogP contribution in [0.4, 0.5) is 11.4 Å². The van der Waals surface area contributed by atoms with Crippen molar-refractivity contribution in [2.24, 2.45) is 0 Å². The Balaban J connectivity index is 0.000000167. The van der Waals surface area contributed by atoms with E-state index >= 15 is 0 Å². The van der Waals surface area contributed by atoms with Gasteiger partial charge in [-0.3, -0.25) is 9.59 Å². The van der Waals surface area contributed by atoms with Crippen molar-refractivity contribution in [1.29, 1.82) is 0 Å². The minimum absolute atomic E-state index is 0.247. The van der Waals surface area contributed by atoms with Gasteiger partial charge in [0.1, 0.15) is 27.6 Å². The van der Waals surface area contributed by atoms with Crippen molar-refractivity contribution in [1.82, 2.24) is 25.3 Å². The van der Waals surface area contributed by atoms with Gasteiger partial charge in [0.2, 0.25) is 0 Å². The smallest absolute Gasteiger partial charge is 0.358 e. The van der Waals surface area contributed by atoms with E-state index in [-0.39, 0.29) is 22.5 Å². The lowest BCUT2D eigenvalue weighted by molar-refractivity contribution is -0.135. The number of hydrogen-bond donors (Lipinski definition) is 5. The zero-order valence-corrected chi connectivity index (χ0v) is 36.7. The Hall–Kier alpha value is -7.51. The summed E-state index contributed by atoms with van der Waals surface area (Å²) in [5.74, 6) is -4.06. The van der Waals surface area contributed by atoms with E-state index in [1.807, 2.05) is 109 Å². The first-order valence-electron chi connectivity index (χ1n) is 20.9. The van der Waals surface area contributed by atoms with Crippen molar-refractivity contribution >= 4 is 72.3 Å². The highest BCUT2D eigenvalue weighted by atomic mass is 32.1. The second-order valence-electron chi connectivity index (χ2n) is 15.1. The van der Waals surface area contributed by atoms with Crippen molar-refractivity contribution in [2.75, 3.05) is 69.0 Å². The molecule has 0 saturated carbocycles. The minimum atomic E-state index is -1.29. The average molecular weight is 924 g/mol. The second kappa shape index (κ2) is 19.3. The summed E-state index contributed by atoms with van der Waals surface area (Å²) in [6.45, 7) is 5.46. The normalized spacial score (nSPS) is 13.9. The number of carboxylic acid groups (broad SMARTS) is 2. The molecule has 2 aliphatic rings. The van der Waals surface area contributed by atoms with Crippen LogP contribution in [0.2, 0.25) is 0 Å². The molecule has 0 radical (unpaired) electrons. The van der Waals surface area contributed by atoms with E-state index in [0.717, 1.165) is 59.8 Å². The predicted molar refractivity (Wildman–Crippen MR) is 253 cm³/mol. The van der Waals surface area contributed by atoms with Gasteiger partial charge in [0.25, 0.3) is 5.91 Å². The molecule has 4 aromatic carbocycles. The van der Waals surface area contributed by atoms with Crippen LogP contribution >= 0.6 is 22.7 Å². The summed E-state index contributed by atoms with van der Waals surface area (Å²) in [7, 11) is 0. The molecule has 5 N–H and O–H groups in total. The molecule has 2 aliphatic heterocycles. The number of aromatic nitrogens is 4. The molecule has 16 nitrogen and oxygen atoms in total. The van der Waals surface area contributed by atoms with Crippen LogP contribution < -0.4 is 15.1 Å². The highest BCUT2D eigenvalue weighted by molar-refractivity contribution is 7.22. The van der Waals surface area contributed by atoms with Gasteiger partial charge in [0.05, 0.1) is 47.2 Å². The van der Waals surface area contributed by atoms with Gasteiger partial charge in [-0.05, 0) is 24.3 Å². The van der Waals surface area contributed by atoms with Gasteiger partial charge in [-0.1, -0.05) is 84.9 Å². The molecule has 0 atom stereocenters. The summed E-state index contributed by atoms with van der Waals surface area (Å²) < 4.78 is 12.1. The summed E-state index contributed by atoms with van der Waals surface area (Å²) in [5.41, 5.74) is 6.25. The lowest BCUT2D eigenvalue weighted by atomic mass is 10.1. The fourth-order valence-electron chi connectivity index (χ4n) is 7.59. The number of carbonyl (C=O) groups is 3. The molecular weight excluding hydrogens is 883 g/mol. The molecule has 66 heavy (non-hydrogen) atoms. The number of hydrogen-bond acceptors (Lipinski definition) is 15. The summed E-state index contributed by atoms with van der Waals surface area (Å²) in [6, 6.07) is 34.8. The molecule has 6 heterocycles. The van der Waals surface area contributed by atoms with Crippen LogP contribution in [0.3, 0.4) is 0 Å². The average Bonchev–Trinajstić information content (AvgIpc) is 4.03. The molecule has 1 amide bonds. The number of benzene rings is 4. The monoisotopic (exact) mass is 923 g/mol. The third kappa shape index (κ3) is 9.20. The SMILES string of the molecule is O=C(O)CNC(=O)c1nc(-c2ccc(N3CCOCC3)cc2)c2sc(-c3ccccc3)nc2c1O.O=C(O)c1nc(-c2ccc(N3CCOCC3)cc2)c2sc(-c3ccccc3)nc2c1O. The summed E-state index contributed by atoms with van der Waals surface area (Å²) >= 11 is 2.76. The minimum Gasteiger partial charge on any atom is -0.504 e. The van der Waals surface area contributed by atoms with Crippen molar-refractivity contribution in [3.05, 3.63) is 121 Å². The van der Waals surface area contributed by atoms with E-state index < -0.39 is 35.8 Å². The number of morpholine rings is 2. The maximum Gasteiger partial charge on any atom is 0.358 e. The van der Waals surface area contributed by atoms with Crippen LogP contribution in [-0.2, 0) is 14.3 Å². The maximum atomic E-state index is 12.7. The topological polar surface area (TPSA) is 221 Å². The van der Waals surface area contributed by atoms with E-state index in [2.05, 4.69) is 35.1 Å². The van der Waals surface area contributed by atoms with Gasteiger partial charge in [-0.2, -0.15) is 0 Å². The molecule has 0 unspecified atom stereocenters. The molecule has 2 fully saturated rings. The highest BCUT2D eigenvalue weighted by Crippen LogP contribution is 2.43. The summed E-state index contributed by atoms with van der Waals surface area (Å²) in [4.78, 5) is 57.8. The molecule has 0 bridgehead atoms. The van der Waals surface area contributed by atoms with Gasteiger partial charge in [0, 0.05) is 59.8 Å². The molecule has 10 rings (SSSR count). The lowest BCUT2D eigenvalue weighted by Gasteiger charge is -2.28. The van der Waals surface area contributed by atoms with Crippen molar-refractivity contribution < 1.29 is 44.3 Å². The van der Waals surface area contributed by atoms with E-state index in [9.17, 15) is 29.7 Å². The number of amides is 1. The molecule has 18 heteroatoms. The second-order valence-corrected chi connectivity index (χ2v) is 17.1. The number of nitrogens with one attached hydrogen (secondary N) is 1. The van der Waals surface area contributed by atoms with E-state index in [4.69, 9.17) is 14.6 Å². The molecule has 0 spiro atoms. The number of aliphatic carboxylic acids is 1. The van der Waals surface area contributed by atoms with Crippen LogP contribution in [0.25, 0.3) is 64.1 Å². The Morgan fingerprint density at radius 3 is 1.36 bits per heavy atom. The Labute approximate surface area is 385 Å². The maximum absolute atomic E-state index is 12.7. The molecule has 334 valence electrons. The number of carboxylic acids is 2. The molecule has 2 saturated heterocycles. The number of carbonyl (C=O) groups excluding carboxylic acids is 1. The Morgan fingerprint density at radius 1 is 0.545 bits per heavy atom. The van der Waals surface area contributed by atoms with Crippen molar-refractivity contribution in [3.63, 3.8) is 0 Å². The van der Waals surface area contributed by atoms with Crippen molar-refractivity contribution in [2.45, 2.75) is 0 Å². The fourth-order valence-corrected chi connectivity index (χ4v) is 9.75. The summed E-state index contributed by atoms with van der Waals surface area (Å²) in [5, 5.41) is 43.6. The first kappa shape index (κ1) is 43.7. The van der Waals surface area contributed by atoms with Gasteiger partial charge in [0.15, 0.2) is 22.9 Å². The number of aromatic carboxylic acids is 1. The van der Waals surface area contributed by atoms with E-state index in [0.29, 0.717) is 57.2 Å². The number of pyridine rings is 2. The van der Waals surface area contributed by atoms with Crippen LogP contribution in [0, 0.1) is 0 Å². The van der Waals surface area contributed by atoms with E-state index in [1.54, 1.807) is 0 Å². The first-order valence-corrected chi connectivity index (χ1v) is 22.5. The molecule has 4 aromatic heterocycles. The predicted octanol–water partition coefficient (Wildman–Crippen LogP) is 7.65. The van der Waals surface area contributed by atoms with Gasteiger partial charge in [-0.25, -0.2) is 24.7 Å². The third-order valence-electron chi connectivity index (χ3n) is 10.9. The Morgan fingerprint density at radius 2 is 0.955 bits per heavy atom. The zero-order chi connectivity index (χ0) is 45.7.